The third-order valence-corrected chi connectivity index (χ3v) is 6.88. The minimum absolute atomic E-state index is 0.0569. The number of carbonyl (C=O) groups is 2. The highest BCUT2D eigenvalue weighted by Crippen LogP contribution is 2.33. The first-order chi connectivity index (χ1) is 13.6. The zero-order valence-corrected chi connectivity index (χ0v) is 16.3. The normalized spacial score (nSPS) is 16.0. The Bertz CT molecular complexity index is 1170. The molecule has 0 spiro atoms. The van der Waals surface area contributed by atoms with Crippen LogP contribution in [0.25, 0.3) is 10.2 Å². The number of aryl methyl sites for hydroxylation is 3. The minimum atomic E-state index is -0.298. The van der Waals surface area contributed by atoms with Crippen LogP contribution < -0.4 is 5.56 Å². The molecule has 0 N–H and O–H groups in total. The zero-order chi connectivity index (χ0) is 19.4. The number of nitrogens with zero attached hydrogens (tertiary/aromatic N) is 3. The second kappa shape index (κ2) is 6.38. The van der Waals surface area contributed by atoms with Crippen molar-refractivity contribution < 1.29 is 9.59 Å². The average Bonchev–Trinajstić information content (AvgIpc) is 3.18. The van der Waals surface area contributed by atoms with Gasteiger partial charge in [-0.1, -0.05) is 12.1 Å². The largest absolute Gasteiger partial charge is 0.294 e. The molecular weight excluding hydrogens is 374 g/mol. The van der Waals surface area contributed by atoms with Crippen LogP contribution in [0.5, 0.6) is 0 Å². The van der Waals surface area contributed by atoms with Gasteiger partial charge in [0.15, 0.2) is 0 Å². The highest BCUT2D eigenvalue weighted by molar-refractivity contribution is 7.18. The van der Waals surface area contributed by atoms with Crippen molar-refractivity contribution in [1.82, 2.24) is 14.5 Å². The molecule has 3 aromatic rings. The second-order valence-corrected chi connectivity index (χ2v) is 8.40. The summed E-state index contributed by atoms with van der Waals surface area (Å²) >= 11 is 1.63. The van der Waals surface area contributed by atoms with E-state index in [1.807, 2.05) is 6.92 Å². The summed E-state index contributed by atoms with van der Waals surface area (Å²) in [7, 11) is 0. The summed E-state index contributed by atoms with van der Waals surface area (Å²) in [5.41, 5.74) is 1.95. The zero-order valence-electron chi connectivity index (χ0n) is 15.5. The van der Waals surface area contributed by atoms with Crippen LogP contribution in [0.4, 0.5) is 0 Å². The molecule has 1 aliphatic heterocycles. The maximum Gasteiger partial charge on any atom is 0.262 e. The molecule has 6 nitrogen and oxygen atoms in total. The summed E-state index contributed by atoms with van der Waals surface area (Å²) in [4.78, 5) is 46.3. The molecule has 0 fully saturated rings. The van der Waals surface area contributed by atoms with Crippen molar-refractivity contribution >= 4 is 33.4 Å². The van der Waals surface area contributed by atoms with Gasteiger partial charge >= 0.3 is 0 Å². The fourth-order valence-corrected chi connectivity index (χ4v) is 5.54. The summed E-state index contributed by atoms with van der Waals surface area (Å²) in [6.07, 6.45) is 4.20. The average molecular weight is 393 g/mol. The Hall–Kier alpha value is -2.80. The van der Waals surface area contributed by atoms with Gasteiger partial charge in [-0.2, -0.15) is 0 Å². The van der Waals surface area contributed by atoms with E-state index >= 15 is 0 Å². The molecule has 0 unspecified atom stereocenters. The Morgan fingerprint density at radius 3 is 2.39 bits per heavy atom. The van der Waals surface area contributed by atoms with Crippen molar-refractivity contribution in [3.05, 3.63) is 62.0 Å². The lowest BCUT2D eigenvalue weighted by atomic mass is 9.97. The fraction of sp³-hybridized carbons (Fsp3) is 0.333. The molecule has 1 aromatic carbocycles. The predicted molar refractivity (Wildman–Crippen MR) is 107 cm³/mol. The number of imide groups is 1. The van der Waals surface area contributed by atoms with Gasteiger partial charge in [-0.25, -0.2) is 4.98 Å². The fourth-order valence-electron chi connectivity index (χ4n) is 4.25. The highest BCUT2D eigenvalue weighted by Gasteiger charge is 2.35. The lowest BCUT2D eigenvalue weighted by Crippen LogP contribution is -2.36. The third kappa shape index (κ3) is 2.46. The van der Waals surface area contributed by atoms with E-state index in [2.05, 4.69) is 4.98 Å². The highest BCUT2D eigenvalue weighted by atomic mass is 32.1. The Kier molecular flexibility index (Phi) is 3.94. The van der Waals surface area contributed by atoms with Crippen LogP contribution in [0.15, 0.2) is 29.1 Å². The first-order valence-corrected chi connectivity index (χ1v) is 10.3. The molecule has 0 bridgehead atoms. The van der Waals surface area contributed by atoms with Crippen LogP contribution in [0, 0.1) is 6.92 Å². The van der Waals surface area contributed by atoms with E-state index in [9.17, 15) is 14.4 Å². The number of thiophene rings is 1. The number of carbonyl (C=O) groups excluding carboxylic acids is 2. The van der Waals surface area contributed by atoms with E-state index in [1.54, 1.807) is 40.2 Å². The van der Waals surface area contributed by atoms with Crippen LogP contribution in [-0.2, 0) is 19.4 Å². The molecular formula is C21H19N3O3S. The first-order valence-electron chi connectivity index (χ1n) is 9.53. The smallest absolute Gasteiger partial charge is 0.262 e. The monoisotopic (exact) mass is 393 g/mol. The van der Waals surface area contributed by atoms with Crippen molar-refractivity contribution in [2.24, 2.45) is 0 Å². The summed E-state index contributed by atoms with van der Waals surface area (Å²) in [6.45, 7) is 2.22. The first kappa shape index (κ1) is 17.3. The molecule has 28 heavy (non-hydrogen) atoms. The molecule has 0 radical (unpaired) electrons. The molecule has 0 saturated heterocycles. The number of rotatable bonds is 3. The SMILES string of the molecule is Cc1nc2sc3c(c2c(=O)n1CCN1C(=O)c2ccccc2C1=O)CCCC3. The molecule has 1 aliphatic carbocycles. The molecule has 2 aliphatic rings. The molecule has 0 saturated carbocycles. The van der Waals surface area contributed by atoms with Crippen molar-refractivity contribution in [3.8, 4) is 0 Å². The van der Waals surface area contributed by atoms with Gasteiger partial charge in [0.05, 0.1) is 16.5 Å². The molecule has 7 heteroatoms. The Balaban J connectivity index is 1.49. The molecule has 2 aromatic heterocycles. The predicted octanol–water partition coefficient (Wildman–Crippen LogP) is 2.94. The van der Waals surface area contributed by atoms with Gasteiger partial charge in [-0.05, 0) is 50.3 Å². The lowest BCUT2D eigenvalue weighted by molar-refractivity contribution is 0.0648. The number of hydrogen-bond acceptors (Lipinski definition) is 5. The van der Waals surface area contributed by atoms with Crippen LogP contribution in [0.1, 0.15) is 49.8 Å². The van der Waals surface area contributed by atoms with Crippen LogP contribution in [-0.4, -0.2) is 32.8 Å². The number of benzene rings is 1. The van der Waals surface area contributed by atoms with Gasteiger partial charge in [0.25, 0.3) is 17.4 Å². The molecule has 0 atom stereocenters. The number of hydrogen-bond donors (Lipinski definition) is 0. The van der Waals surface area contributed by atoms with Gasteiger partial charge in [-0.3, -0.25) is 23.9 Å². The Morgan fingerprint density at radius 2 is 1.68 bits per heavy atom. The van der Waals surface area contributed by atoms with Gasteiger partial charge in [0, 0.05) is 18.0 Å². The second-order valence-electron chi connectivity index (χ2n) is 7.31. The van der Waals surface area contributed by atoms with Crippen LogP contribution in [0.2, 0.25) is 0 Å². The number of amides is 2. The van der Waals surface area contributed by atoms with Crippen molar-refractivity contribution in [2.75, 3.05) is 6.54 Å². The molecule has 2 amide bonds. The maximum absolute atomic E-state index is 13.2. The number of aromatic nitrogens is 2. The summed E-state index contributed by atoms with van der Waals surface area (Å²) in [5, 5.41) is 0.729. The van der Waals surface area contributed by atoms with Gasteiger partial charge < -0.3 is 0 Å². The Morgan fingerprint density at radius 1 is 1.00 bits per heavy atom. The maximum atomic E-state index is 13.2. The van der Waals surface area contributed by atoms with Crippen LogP contribution >= 0.6 is 11.3 Å². The summed E-state index contributed by atoms with van der Waals surface area (Å²) in [6, 6.07) is 6.83. The van der Waals surface area contributed by atoms with Crippen molar-refractivity contribution in [1.29, 1.82) is 0 Å². The standard InChI is InChI=1S/C21H19N3O3S/c1-12-22-18-17(15-8-4-5-9-16(15)28-18)21(27)23(12)10-11-24-19(25)13-6-2-3-7-14(13)20(24)26/h2-3,6-7H,4-5,8-11H2,1H3. The third-order valence-electron chi connectivity index (χ3n) is 5.69. The summed E-state index contributed by atoms with van der Waals surface area (Å²) < 4.78 is 1.60. The molecule has 5 rings (SSSR count). The van der Waals surface area contributed by atoms with Crippen molar-refractivity contribution in [3.63, 3.8) is 0 Å². The molecule has 142 valence electrons. The van der Waals surface area contributed by atoms with Crippen molar-refractivity contribution in [2.45, 2.75) is 39.2 Å². The topological polar surface area (TPSA) is 72.3 Å². The summed E-state index contributed by atoms with van der Waals surface area (Å²) in [5.74, 6) is 0.0224. The molecule has 3 heterocycles. The Labute approximate surface area is 165 Å². The van der Waals surface area contributed by atoms with E-state index < -0.39 is 0 Å². The van der Waals surface area contributed by atoms with E-state index in [-0.39, 0.29) is 30.5 Å². The van der Waals surface area contributed by atoms with E-state index in [4.69, 9.17) is 0 Å². The lowest BCUT2D eigenvalue weighted by Gasteiger charge is -2.16. The van der Waals surface area contributed by atoms with Gasteiger partial charge in [0.2, 0.25) is 0 Å². The van der Waals surface area contributed by atoms with Gasteiger partial charge in [0.1, 0.15) is 10.7 Å². The minimum Gasteiger partial charge on any atom is -0.294 e. The number of fused-ring (bicyclic) bond motifs is 4. The van der Waals surface area contributed by atoms with Gasteiger partial charge in [-0.15, -0.1) is 11.3 Å². The van der Waals surface area contributed by atoms with Crippen LogP contribution in [0.3, 0.4) is 0 Å². The van der Waals surface area contributed by atoms with E-state index in [1.165, 1.54) is 9.78 Å². The van der Waals surface area contributed by atoms with E-state index in [0.29, 0.717) is 17.0 Å². The van der Waals surface area contributed by atoms with E-state index in [0.717, 1.165) is 41.5 Å². The quantitative estimate of drug-likeness (QED) is 0.642.